The molecule has 2 aliphatic heterocycles. The third-order valence-electron chi connectivity index (χ3n) is 3.91. The van der Waals surface area contributed by atoms with Gasteiger partial charge in [-0.1, -0.05) is 19.1 Å². The number of hydrogen-bond donors (Lipinski definition) is 1. The smallest absolute Gasteiger partial charge is 0.122 e. The van der Waals surface area contributed by atoms with E-state index < -0.39 is 0 Å². The predicted octanol–water partition coefficient (Wildman–Crippen LogP) is 1.82. The standard InChI is InChI=1S/C14H20N2O.ClH/c1-10-7-16(9-13(10)15)8-11-2-3-14-12(6-11)4-5-17-14;/h2-3,6,10,13H,4-5,7-9,15H2,1H3;1H. The Balaban J connectivity index is 0.00000120. The predicted molar refractivity (Wildman–Crippen MR) is 75.3 cm³/mol. The molecule has 1 fully saturated rings. The first-order valence-corrected chi connectivity index (χ1v) is 6.45. The van der Waals surface area contributed by atoms with Crippen LogP contribution in [0.2, 0.25) is 0 Å². The van der Waals surface area contributed by atoms with Gasteiger partial charge in [0.2, 0.25) is 0 Å². The van der Waals surface area contributed by atoms with Gasteiger partial charge in [0, 0.05) is 32.1 Å². The molecule has 2 atom stereocenters. The van der Waals surface area contributed by atoms with Crippen LogP contribution in [0.1, 0.15) is 18.1 Å². The SMILES string of the molecule is CC1CN(Cc2ccc3c(c2)CCO3)CC1N.Cl. The van der Waals surface area contributed by atoms with Gasteiger partial charge in [0.15, 0.2) is 0 Å². The molecule has 18 heavy (non-hydrogen) atoms. The topological polar surface area (TPSA) is 38.5 Å². The zero-order chi connectivity index (χ0) is 11.8. The second-order valence-electron chi connectivity index (χ2n) is 5.38. The maximum Gasteiger partial charge on any atom is 0.122 e. The summed E-state index contributed by atoms with van der Waals surface area (Å²) in [6, 6.07) is 6.92. The van der Waals surface area contributed by atoms with Gasteiger partial charge in [0.25, 0.3) is 0 Å². The average molecular weight is 269 g/mol. The van der Waals surface area contributed by atoms with Gasteiger partial charge in [-0.05, 0) is 23.1 Å². The molecule has 2 unspecified atom stereocenters. The number of ether oxygens (including phenoxy) is 1. The van der Waals surface area contributed by atoms with Crippen molar-refractivity contribution in [2.45, 2.75) is 25.9 Å². The Morgan fingerprint density at radius 1 is 1.39 bits per heavy atom. The molecule has 1 aromatic rings. The van der Waals surface area contributed by atoms with Crippen molar-refractivity contribution in [1.29, 1.82) is 0 Å². The molecule has 1 aromatic carbocycles. The van der Waals surface area contributed by atoms with E-state index in [2.05, 4.69) is 30.0 Å². The molecule has 2 heterocycles. The molecule has 0 aliphatic carbocycles. The van der Waals surface area contributed by atoms with Crippen LogP contribution in [-0.2, 0) is 13.0 Å². The summed E-state index contributed by atoms with van der Waals surface area (Å²) in [5.41, 5.74) is 8.80. The fraction of sp³-hybridized carbons (Fsp3) is 0.571. The van der Waals surface area contributed by atoms with E-state index >= 15 is 0 Å². The van der Waals surface area contributed by atoms with Crippen LogP contribution in [0.3, 0.4) is 0 Å². The van der Waals surface area contributed by atoms with E-state index in [0.717, 1.165) is 38.4 Å². The molecule has 2 N–H and O–H groups in total. The van der Waals surface area contributed by atoms with E-state index in [0.29, 0.717) is 12.0 Å². The van der Waals surface area contributed by atoms with Crippen LogP contribution in [0.25, 0.3) is 0 Å². The van der Waals surface area contributed by atoms with E-state index in [4.69, 9.17) is 10.5 Å². The van der Waals surface area contributed by atoms with Crippen molar-refractivity contribution in [2.24, 2.45) is 11.7 Å². The van der Waals surface area contributed by atoms with E-state index in [-0.39, 0.29) is 12.4 Å². The molecule has 0 spiro atoms. The maximum absolute atomic E-state index is 6.05. The molecular formula is C14H21ClN2O. The maximum atomic E-state index is 6.05. The molecule has 3 rings (SSSR count). The number of benzene rings is 1. The van der Waals surface area contributed by atoms with Crippen molar-refractivity contribution in [1.82, 2.24) is 4.90 Å². The third kappa shape index (κ3) is 2.63. The van der Waals surface area contributed by atoms with Crippen LogP contribution in [-0.4, -0.2) is 30.6 Å². The highest BCUT2D eigenvalue weighted by Crippen LogP contribution is 2.27. The summed E-state index contributed by atoms with van der Waals surface area (Å²) in [6.07, 6.45) is 1.05. The quantitative estimate of drug-likeness (QED) is 0.889. The van der Waals surface area contributed by atoms with Crippen molar-refractivity contribution < 1.29 is 4.74 Å². The van der Waals surface area contributed by atoms with Gasteiger partial charge in [-0.3, -0.25) is 4.90 Å². The number of fused-ring (bicyclic) bond motifs is 1. The van der Waals surface area contributed by atoms with Crippen molar-refractivity contribution >= 4 is 12.4 Å². The molecule has 3 nitrogen and oxygen atoms in total. The van der Waals surface area contributed by atoms with E-state index in [1.54, 1.807) is 0 Å². The second kappa shape index (κ2) is 5.47. The Morgan fingerprint density at radius 3 is 2.94 bits per heavy atom. The number of nitrogens with two attached hydrogens (primary N) is 1. The van der Waals surface area contributed by atoms with Gasteiger partial charge in [-0.25, -0.2) is 0 Å². The Morgan fingerprint density at radius 2 is 2.22 bits per heavy atom. The molecule has 0 saturated carbocycles. The van der Waals surface area contributed by atoms with Crippen molar-refractivity contribution in [3.63, 3.8) is 0 Å². The molecule has 100 valence electrons. The first-order chi connectivity index (χ1) is 8.22. The van der Waals surface area contributed by atoms with Gasteiger partial charge in [-0.2, -0.15) is 0 Å². The first-order valence-electron chi connectivity index (χ1n) is 6.45. The Labute approximate surface area is 115 Å². The molecule has 2 aliphatic rings. The third-order valence-corrected chi connectivity index (χ3v) is 3.91. The van der Waals surface area contributed by atoms with Crippen LogP contribution < -0.4 is 10.5 Å². The van der Waals surface area contributed by atoms with Crippen LogP contribution in [0.5, 0.6) is 5.75 Å². The Kier molecular flexibility index (Phi) is 4.15. The van der Waals surface area contributed by atoms with Crippen LogP contribution in [0.15, 0.2) is 18.2 Å². The first kappa shape index (κ1) is 13.7. The van der Waals surface area contributed by atoms with Gasteiger partial charge >= 0.3 is 0 Å². The van der Waals surface area contributed by atoms with Crippen molar-refractivity contribution in [2.75, 3.05) is 19.7 Å². The number of hydrogen-bond acceptors (Lipinski definition) is 3. The zero-order valence-corrected chi connectivity index (χ0v) is 11.6. The number of nitrogens with zero attached hydrogens (tertiary/aromatic N) is 1. The highest BCUT2D eigenvalue weighted by molar-refractivity contribution is 5.85. The van der Waals surface area contributed by atoms with Gasteiger partial charge in [0.05, 0.1) is 6.61 Å². The number of halogens is 1. The number of likely N-dealkylation sites (tertiary alicyclic amines) is 1. The van der Waals surface area contributed by atoms with Crippen LogP contribution >= 0.6 is 12.4 Å². The lowest BCUT2D eigenvalue weighted by atomic mass is 10.1. The van der Waals surface area contributed by atoms with Gasteiger partial charge in [-0.15, -0.1) is 12.4 Å². The second-order valence-corrected chi connectivity index (χ2v) is 5.38. The van der Waals surface area contributed by atoms with Crippen LogP contribution in [0.4, 0.5) is 0 Å². The lowest BCUT2D eigenvalue weighted by Crippen LogP contribution is -2.28. The summed E-state index contributed by atoms with van der Waals surface area (Å²) in [4.78, 5) is 2.45. The van der Waals surface area contributed by atoms with E-state index in [1.165, 1.54) is 11.1 Å². The minimum absolute atomic E-state index is 0. The molecule has 0 radical (unpaired) electrons. The summed E-state index contributed by atoms with van der Waals surface area (Å²) in [5, 5.41) is 0. The molecule has 0 bridgehead atoms. The normalized spacial score (nSPS) is 26.6. The summed E-state index contributed by atoms with van der Waals surface area (Å²) in [5.74, 6) is 1.69. The Hall–Kier alpha value is -0.770. The van der Waals surface area contributed by atoms with Gasteiger partial charge in [0.1, 0.15) is 5.75 Å². The fourth-order valence-electron chi connectivity index (χ4n) is 2.82. The summed E-state index contributed by atoms with van der Waals surface area (Å²) in [7, 11) is 0. The zero-order valence-electron chi connectivity index (χ0n) is 10.8. The largest absolute Gasteiger partial charge is 0.493 e. The minimum atomic E-state index is 0. The highest BCUT2D eigenvalue weighted by atomic mass is 35.5. The van der Waals surface area contributed by atoms with Gasteiger partial charge < -0.3 is 10.5 Å². The van der Waals surface area contributed by atoms with E-state index in [1.807, 2.05) is 0 Å². The molecule has 0 aromatic heterocycles. The molecule has 0 amide bonds. The molecular weight excluding hydrogens is 248 g/mol. The molecule has 1 saturated heterocycles. The van der Waals surface area contributed by atoms with Crippen molar-refractivity contribution in [3.05, 3.63) is 29.3 Å². The Bertz CT molecular complexity index is 414. The summed E-state index contributed by atoms with van der Waals surface area (Å²) < 4.78 is 5.52. The lowest BCUT2D eigenvalue weighted by molar-refractivity contribution is 0.318. The minimum Gasteiger partial charge on any atom is -0.493 e. The number of rotatable bonds is 2. The van der Waals surface area contributed by atoms with Crippen molar-refractivity contribution in [3.8, 4) is 5.75 Å². The monoisotopic (exact) mass is 268 g/mol. The van der Waals surface area contributed by atoms with Crippen LogP contribution in [0, 0.1) is 5.92 Å². The average Bonchev–Trinajstić information content (AvgIpc) is 2.86. The van der Waals surface area contributed by atoms with E-state index in [9.17, 15) is 0 Å². The lowest BCUT2D eigenvalue weighted by Gasteiger charge is -2.15. The summed E-state index contributed by atoms with van der Waals surface area (Å²) in [6.45, 7) is 6.24. The fourth-order valence-corrected chi connectivity index (χ4v) is 2.82. The molecule has 4 heteroatoms. The highest BCUT2D eigenvalue weighted by Gasteiger charge is 2.26. The summed E-state index contributed by atoms with van der Waals surface area (Å²) >= 11 is 0.